The number of carbonyl (C=O) groups is 1. The molecule has 1 amide bonds. The van der Waals surface area contributed by atoms with E-state index < -0.39 is 0 Å². The van der Waals surface area contributed by atoms with Gasteiger partial charge >= 0.3 is 0 Å². The average Bonchev–Trinajstić information content (AvgIpc) is 3.29. The van der Waals surface area contributed by atoms with Gasteiger partial charge in [0, 0.05) is 27.4 Å². The van der Waals surface area contributed by atoms with Gasteiger partial charge in [-0.15, -0.1) is 21.5 Å². The van der Waals surface area contributed by atoms with Crippen LogP contribution >= 0.6 is 46.3 Å². The smallest absolute Gasteiger partial charge is 0.234 e. The molecule has 0 atom stereocenters. The molecule has 0 radical (unpaired) electrons. The molecule has 0 aliphatic carbocycles. The van der Waals surface area contributed by atoms with Gasteiger partial charge in [0.25, 0.3) is 0 Å². The van der Waals surface area contributed by atoms with Crippen molar-refractivity contribution in [1.29, 1.82) is 0 Å². The van der Waals surface area contributed by atoms with Crippen LogP contribution in [0.15, 0.2) is 34.8 Å². The molecule has 1 aromatic carbocycles. The summed E-state index contributed by atoms with van der Waals surface area (Å²) in [5.41, 5.74) is 1.56. The Balaban J connectivity index is 1.70. The minimum absolute atomic E-state index is 0.181. The van der Waals surface area contributed by atoms with Crippen molar-refractivity contribution in [3.05, 3.63) is 44.6 Å². The summed E-state index contributed by atoms with van der Waals surface area (Å²) >= 11 is 15.1. The summed E-state index contributed by atoms with van der Waals surface area (Å²) in [4.78, 5) is 13.6. The van der Waals surface area contributed by atoms with Crippen LogP contribution in [0.4, 0.5) is 5.69 Å². The molecule has 1 N–H and O–H groups in total. The molecule has 3 rings (SSSR count). The van der Waals surface area contributed by atoms with Crippen molar-refractivity contribution in [3.63, 3.8) is 0 Å². The quantitative estimate of drug-likeness (QED) is 0.432. The van der Waals surface area contributed by atoms with E-state index in [2.05, 4.69) is 40.8 Å². The van der Waals surface area contributed by atoms with Crippen molar-refractivity contribution in [3.8, 4) is 11.4 Å². The van der Waals surface area contributed by atoms with Gasteiger partial charge in [-0.3, -0.25) is 4.79 Å². The Bertz CT molecular complexity index is 984. The Morgan fingerprint density at radius 2 is 2.07 bits per heavy atom. The van der Waals surface area contributed by atoms with E-state index in [4.69, 9.17) is 23.2 Å². The summed E-state index contributed by atoms with van der Waals surface area (Å²) in [5, 5.41) is 15.2. The molecule has 0 aliphatic heterocycles. The van der Waals surface area contributed by atoms with Crippen molar-refractivity contribution in [2.24, 2.45) is 0 Å². The molecule has 9 heteroatoms. The number of carbonyl (C=O) groups excluding carboxylic acids is 1. The fourth-order valence-electron chi connectivity index (χ4n) is 2.58. The Labute approximate surface area is 182 Å². The molecule has 28 heavy (non-hydrogen) atoms. The van der Waals surface area contributed by atoms with E-state index in [1.54, 1.807) is 29.5 Å². The van der Waals surface area contributed by atoms with Crippen molar-refractivity contribution in [2.75, 3.05) is 11.1 Å². The second-order valence-corrected chi connectivity index (χ2v) is 9.13. The summed E-state index contributed by atoms with van der Waals surface area (Å²) in [6.45, 7) is 7.11. The maximum atomic E-state index is 12.3. The molecule has 2 aromatic heterocycles. The van der Waals surface area contributed by atoms with Gasteiger partial charge in [0.1, 0.15) is 0 Å². The van der Waals surface area contributed by atoms with E-state index in [0.717, 1.165) is 17.9 Å². The van der Waals surface area contributed by atoms with Crippen LogP contribution in [-0.4, -0.2) is 26.4 Å². The lowest BCUT2D eigenvalue weighted by Crippen LogP contribution is -2.15. The number of rotatable bonds is 7. The highest BCUT2D eigenvalue weighted by atomic mass is 35.5. The van der Waals surface area contributed by atoms with Crippen LogP contribution in [0.1, 0.15) is 31.6 Å². The molecule has 0 aliphatic rings. The molecule has 0 unspecified atom stereocenters. The van der Waals surface area contributed by atoms with Crippen LogP contribution in [-0.2, 0) is 11.3 Å². The lowest BCUT2D eigenvalue weighted by molar-refractivity contribution is -0.113. The monoisotopic (exact) mass is 454 g/mol. The molecule has 0 bridgehead atoms. The Morgan fingerprint density at radius 3 is 2.75 bits per heavy atom. The van der Waals surface area contributed by atoms with E-state index in [0.29, 0.717) is 26.8 Å². The standard InChI is InChI=1S/C19H20Cl2N4OS2/c1-4-25-18(12-7-16(11(2)3)27-9-12)23-24-19(25)28-10-17(26)22-15-8-13(20)5-6-14(15)21/h5-9,11H,4,10H2,1-3H3,(H,22,26). The average molecular weight is 455 g/mol. The molecular formula is C19H20Cl2N4OS2. The molecular weight excluding hydrogens is 435 g/mol. The van der Waals surface area contributed by atoms with Gasteiger partial charge in [0.05, 0.1) is 16.5 Å². The fourth-order valence-corrected chi connectivity index (χ4v) is 4.62. The molecule has 3 aromatic rings. The first-order valence-corrected chi connectivity index (χ1v) is 11.4. The molecule has 0 fully saturated rings. The highest BCUT2D eigenvalue weighted by Crippen LogP contribution is 2.31. The third-order valence-corrected chi connectivity index (χ3v) is 6.78. The lowest BCUT2D eigenvalue weighted by Gasteiger charge is -2.08. The molecule has 148 valence electrons. The largest absolute Gasteiger partial charge is 0.324 e. The third-order valence-electron chi connectivity index (χ3n) is 4.01. The zero-order valence-electron chi connectivity index (χ0n) is 15.7. The summed E-state index contributed by atoms with van der Waals surface area (Å²) in [7, 11) is 0. The van der Waals surface area contributed by atoms with Crippen LogP contribution in [0.5, 0.6) is 0 Å². The summed E-state index contributed by atoms with van der Waals surface area (Å²) in [6.07, 6.45) is 0. The first kappa shape index (κ1) is 21.2. The second kappa shape index (κ2) is 9.31. The van der Waals surface area contributed by atoms with Gasteiger partial charge in [-0.2, -0.15) is 0 Å². The van der Waals surface area contributed by atoms with Crippen molar-refractivity contribution < 1.29 is 4.79 Å². The highest BCUT2D eigenvalue weighted by molar-refractivity contribution is 7.99. The van der Waals surface area contributed by atoms with Crippen LogP contribution in [0.25, 0.3) is 11.4 Å². The van der Waals surface area contributed by atoms with Gasteiger partial charge in [-0.1, -0.05) is 48.8 Å². The van der Waals surface area contributed by atoms with Crippen molar-refractivity contribution in [1.82, 2.24) is 14.8 Å². The van der Waals surface area contributed by atoms with Crippen LogP contribution in [0.3, 0.4) is 0 Å². The van der Waals surface area contributed by atoms with Gasteiger partial charge in [0.2, 0.25) is 5.91 Å². The zero-order chi connectivity index (χ0) is 20.3. The van der Waals surface area contributed by atoms with E-state index in [1.807, 2.05) is 11.5 Å². The predicted octanol–water partition coefficient (Wildman–Crippen LogP) is 6.19. The summed E-state index contributed by atoms with van der Waals surface area (Å²) in [6, 6.07) is 7.11. The third kappa shape index (κ3) is 4.89. The van der Waals surface area contributed by atoms with Crippen LogP contribution < -0.4 is 5.32 Å². The molecule has 0 saturated heterocycles. The summed E-state index contributed by atoms with van der Waals surface area (Å²) in [5.74, 6) is 1.32. The second-order valence-electron chi connectivity index (χ2n) is 6.40. The normalized spacial score (nSPS) is 11.2. The number of anilines is 1. The van der Waals surface area contributed by atoms with Crippen molar-refractivity contribution >= 4 is 57.9 Å². The van der Waals surface area contributed by atoms with E-state index >= 15 is 0 Å². The molecule has 5 nitrogen and oxygen atoms in total. The number of nitrogens with zero attached hydrogens (tertiary/aromatic N) is 3. The van der Waals surface area contributed by atoms with Crippen LogP contribution in [0, 0.1) is 0 Å². The number of amides is 1. The van der Waals surface area contributed by atoms with E-state index in [-0.39, 0.29) is 11.7 Å². The number of aromatic nitrogens is 3. The minimum atomic E-state index is -0.181. The van der Waals surface area contributed by atoms with E-state index in [1.165, 1.54) is 16.6 Å². The first-order valence-electron chi connectivity index (χ1n) is 8.78. The fraction of sp³-hybridized carbons (Fsp3) is 0.316. The van der Waals surface area contributed by atoms with Crippen LogP contribution in [0.2, 0.25) is 10.0 Å². The number of thiophene rings is 1. The number of halogens is 2. The number of benzene rings is 1. The summed E-state index contributed by atoms with van der Waals surface area (Å²) < 4.78 is 2.02. The molecule has 0 saturated carbocycles. The Hall–Kier alpha value is -1.54. The lowest BCUT2D eigenvalue weighted by atomic mass is 10.1. The number of nitrogens with one attached hydrogen (secondary N) is 1. The zero-order valence-corrected chi connectivity index (χ0v) is 18.8. The van der Waals surface area contributed by atoms with Gasteiger partial charge in [0.15, 0.2) is 11.0 Å². The maximum Gasteiger partial charge on any atom is 0.234 e. The van der Waals surface area contributed by atoms with Gasteiger partial charge in [-0.25, -0.2) is 0 Å². The first-order chi connectivity index (χ1) is 13.4. The number of hydrogen-bond acceptors (Lipinski definition) is 5. The number of thioether (sulfide) groups is 1. The molecule has 0 spiro atoms. The number of hydrogen-bond donors (Lipinski definition) is 1. The highest BCUT2D eigenvalue weighted by Gasteiger charge is 2.17. The van der Waals surface area contributed by atoms with Gasteiger partial charge in [-0.05, 0) is 37.1 Å². The van der Waals surface area contributed by atoms with Gasteiger partial charge < -0.3 is 9.88 Å². The predicted molar refractivity (Wildman–Crippen MR) is 119 cm³/mol. The Morgan fingerprint density at radius 1 is 1.29 bits per heavy atom. The maximum absolute atomic E-state index is 12.3. The molecule has 2 heterocycles. The minimum Gasteiger partial charge on any atom is -0.324 e. The topological polar surface area (TPSA) is 59.8 Å². The SMILES string of the molecule is CCn1c(SCC(=O)Nc2cc(Cl)ccc2Cl)nnc1-c1csc(C(C)C)c1. The van der Waals surface area contributed by atoms with Crippen molar-refractivity contribution in [2.45, 2.75) is 38.4 Å². The Kier molecular flexibility index (Phi) is 7.04. The van der Waals surface area contributed by atoms with E-state index in [9.17, 15) is 4.79 Å².